The smallest absolute Gasteiger partial charge is 0.336 e. The van der Waals surface area contributed by atoms with Crippen LogP contribution < -0.4 is 0 Å². The van der Waals surface area contributed by atoms with Gasteiger partial charge in [-0.3, -0.25) is 9.79 Å². The standard InChI is InChI=1S/C23H22FNO3S/c1-12-4-9-19(29-12)22-20(23(27)28-3)13(2)25-17-10-15(11-18(26)21(17)22)14-5-7-16(24)8-6-14/h4-9,15,21-22H,10-11H2,1-3H3/t15-,21?,22-/m0/s1. The SMILES string of the molecule is COC(=O)C1=C(C)N=C2C[C@H](c3ccc(F)cc3)CC(=O)C2[C@H]1c1ccc(C)s1. The second-order valence-corrected chi connectivity index (χ2v) is 8.94. The third kappa shape index (κ3) is 3.57. The van der Waals surface area contributed by atoms with E-state index < -0.39 is 11.9 Å². The summed E-state index contributed by atoms with van der Waals surface area (Å²) in [6.07, 6.45) is 0.971. The fraction of sp³-hybridized carbons (Fsp3) is 0.348. The molecule has 1 fully saturated rings. The molecule has 29 heavy (non-hydrogen) atoms. The molecule has 0 bridgehead atoms. The number of benzene rings is 1. The predicted molar refractivity (Wildman–Crippen MR) is 111 cm³/mol. The van der Waals surface area contributed by atoms with Crippen molar-refractivity contribution < 1.29 is 18.7 Å². The van der Waals surface area contributed by atoms with Gasteiger partial charge >= 0.3 is 5.97 Å². The van der Waals surface area contributed by atoms with Crippen LogP contribution in [0.2, 0.25) is 0 Å². The molecule has 1 aliphatic carbocycles. The van der Waals surface area contributed by atoms with Crippen molar-refractivity contribution in [1.29, 1.82) is 0 Å². The minimum Gasteiger partial charge on any atom is -0.466 e. The van der Waals surface area contributed by atoms with E-state index in [9.17, 15) is 14.0 Å². The van der Waals surface area contributed by atoms with Gasteiger partial charge < -0.3 is 4.74 Å². The van der Waals surface area contributed by atoms with Crippen molar-refractivity contribution in [2.24, 2.45) is 10.9 Å². The Morgan fingerprint density at radius 2 is 1.83 bits per heavy atom. The number of aryl methyl sites for hydroxylation is 1. The van der Waals surface area contributed by atoms with Crippen LogP contribution in [0.3, 0.4) is 0 Å². The van der Waals surface area contributed by atoms with E-state index in [0.717, 1.165) is 21.0 Å². The lowest BCUT2D eigenvalue weighted by molar-refractivity contribution is -0.136. The summed E-state index contributed by atoms with van der Waals surface area (Å²) in [7, 11) is 1.35. The molecule has 2 aliphatic rings. The Morgan fingerprint density at radius 3 is 2.45 bits per heavy atom. The molecule has 1 aromatic carbocycles. The van der Waals surface area contributed by atoms with Crippen LogP contribution in [-0.2, 0) is 14.3 Å². The number of Topliss-reactive ketones (excluding diaryl/α,β-unsaturated/α-hetero) is 1. The molecule has 4 rings (SSSR count). The molecule has 0 saturated heterocycles. The summed E-state index contributed by atoms with van der Waals surface area (Å²) in [4.78, 5) is 32.7. The van der Waals surface area contributed by atoms with E-state index in [1.807, 2.05) is 19.1 Å². The van der Waals surface area contributed by atoms with Crippen LogP contribution in [-0.4, -0.2) is 24.6 Å². The van der Waals surface area contributed by atoms with Crippen molar-refractivity contribution in [2.45, 2.75) is 38.5 Å². The fourth-order valence-electron chi connectivity index (χ4n) is 4.45. The number of hydrogen-bond acceptors (Lipinski definition) is 5. The highest BCUT2D eigenvalue weighted by Gasteiger charge is 2.46. The molecule has 4 nitrogen and oxygen atoms in total. The highest BCUT2D eigenvalue weighted by atomic mass is 32.1. The first-order valence-electron chi connectivity index (χ1n) is 9.60. The normalized spacial score (nSPS) is 24.2. The first-order valence-corrected chi connectivity index (χ1v) is 10.4. The van der Waals surface area contributed by atoms with E-state index in [2.05, 4.69) is 4.99 Å². The molecule has 6 heteroatoms. The number of hydrogen-bond donors (Lipinski definition) is 0. The maximum absolute atomic E-state index is 13.3. The van der Waals surface area contributed by atoms with Gasteiger partial charge in [0.25, 0.3) is 0 Å². The molecule has 0 N–H and O–H groups in total. The Kier molecular flexibility index (Phi) is 5.21. The zero-order valence-electron chi connectivity index (χ0n) is 16.6. The predicted octanol–water partition coefficient (Wildman–Crippen LogP) is 4.94. The molecule has 2 aromatic rings. The summed E-state index contributed by atoms with van der Waals surface area (Å²) in [5.41, 5.74) is 2.81. The van der Waals surface area contributed by atoms with Gasteiger partial charge in [0, 0.05) is 33.5 Å². The van der Waals surface area contributed by atoms with Crippen molar-refractivity contribution in [2.75, 3.05) is 7.11 Å². The number of allylic oxidation sites excluding steroid dienone is 1. The number of thiophene rings is 1. The summed E-state index contributed by atoms with van der Waals surface area (Å²) in [5.74, 6) is -1.52. The summed E-state index contributed by atoms with van der Waals surface area (Å²) in [5, 5.41) is 0. The van der Waals surface area contributed by atoms with Crippen LogP contribution in [0.5, 0.6) is 0 Å². The largest absolute Gasteiger partial charge is 0.466 e. The van der Waals surface area contributed by atoms with Crippen molar-refractivity contribution in [3.63, 3.8) is 0 Å². The van der Waals surface area contributed by atoms with Gasteiger partial charge in [-0.05, 0) is 56.0 Å². The minimum atomic E-state index is -0.456. The Bertz CT molecular complexity index is 1030. The summed E-state index contributed by atoms with van der Waals surface area (Å²) in [6, 6.07) is 10.3. The highest BCUT2D eigenvalue weighted by molar-refractivity contribution is 7.12. The first-order chi connectivity index (χ1) is 13.9. The topological polar surface area (TPSA) is 55.7 Å². The molecule has 0 spiro atoms. The quantitative estimate of drug-likeness (QED) is 0.672. The van der Waals surface area contributed by atoms with E-state index in [1.165, 1.54) is 19.2 Å². The van der Waals surface area contributed by atoms with E-state index in [4.69, 9.17) is 4.74 Å². The van der Waals surface area contributed by atoms with Gasteiger partial charge in [0.1, 0.15) is 11.6 Å². The Labute approximate surface area is 173 Å². The number of nitrogens with zero attached hydrogens (tertiary/aromatic N) is 1. The van der Waals surface area contributed by atoms with Crippen molar-refractivity contribution in [3.05, 3.63) is 68.8 Å². The van der Waals surface area contributed by atoms with Gasteiger partial charge in [-0.2, -0.15) is 0 Å². The fourth-order valence-corrected chi connectivity index (χ4v) is 5.48. The average Bonchev–Trinajstić information content (AvgIpc) is 3.12. The van der Waals surface area contributed by atoms with Gasteiger partial charge in [0.05, 0.1) is 18.6 Å². The number of aliphatic imine (C=N–C) groups is 1. The van der Waals surface area contributed by atoms with Crippen LogP contribution in [0.15, 0.2) is 52.7 Å². The van der Waals surface area contributed by atoms with E-state index in [0.29, 0.717) is 24.1 Å². The van der Waals surface area contributed by atoms with E-state index in [1.54, 1.807) is 30.4 Å². The zero-order chi connectivity index (χ0) is 20.7. The number of halogens is 1. The molecule has 1 aliphatic heterocycles. The molecule has 150 valence electrons. The Morgan fingerprint density at radius 1 is 1.10 bits per heavy atom. The van der Waals surface area contributed by atoms with E-state index in [-0.39, 0.29) is 23.4 Å². The van der Waals surface area contributed by atoms with Gasteiger partial charge in [-0.15, -0.1) is 11.3 Å². The number of ketones is 1. The number of methoxy groups -OCH3 is 1. The molecule has 2 heterocycles. The minimum absolute atomic E-state index is 0.0312. The Balaban J connectivity index is 1.77. The third-order valence-electron chi connectivity index (χ3n) is 5.77. The van der Waals surface area contributed by atoms with E-state index >= 15 is 0 Å². The second kappa shape index (κ2) is 7.67. The van der Waals surface area contributed by atoms with Crippen molar-refractivity contribution in [1.82, 2.24) is 0 Å². The lowest BCUT2D eigenvalue weighted by atomic mass is 9.67. The second-order valence-electron chi connectivity index (χ2n) is 7.62. The molecule has 0 radical (unpaired) electrons. The number of fused-ring (bicyclic) bond motifs is 1. The van der Waals surface area contributed by atoms with Crippen molar-refractivity contribution >= 4 is 28.8 Å². The summed E-state index contributed by atoms with van der Waals surface area (Å²) >= 11 is 1.59. The highest BCUT2D eigenvalue weighted by Crippen LogP contribution is 2.47. The lowest BCUT2D eigenvalue weighted by Gasteiger charge is -2.37. The molecular weight excluding hydrogens is 389 g/mol. The average molecular weight is 411 g/mol. The van der Waals surface area contributed by atoms with Crippen LogP contribution in [0.25, 0.3) is 0 Å². The summed E-state index contributed by atoms with van der Waals surface area (Å²) < 4.78 is 18.3. The van der Waals surface area contributed by atoms with Gasteiger partial charge in [-0.1, -0.05) is 12.1 Å². The van der Waals surface area contributed by atoms with Crippen molar-refractivity contribution in [3.8, 4) is 0 Å². The Hall–Kier alpha value is -2.60. The molecular formula is C23H22FNO3S. The molecule has 1 unspecified atom stereocenters. The lowest BCUT2D eigenvalue weighted by Crippen LogP contribution is -2.40. The maximum atomic E-state index is 13.3. The first kappa shape index (κ1) is 19.7. The summed E-state index contributed by atoms with van der Waals surface area (Å²) in [6.45, 7) is 3.81. The van der Waals surface area contributed by atoms with Crippen LogP contribution in [0.4, 0.5) is 4.39 Å². The number of ether oxygens (including phenoxy) is 1. The van der Waals surface area contributed by atoms with Gasteiger partial charge in [0.2, 0.25) is 0 Å². The van der Waals surface area contributed by atoms with Gasteiger partial charge in [0.15, 0.2) is 0 Å². The van der Waals surface area contributed by atoms with Gasteiger partial charge in [-0.25, -0.2) is 9.18 Å². The van der Waals surface area contributed by atoms with Crippen LogP contribution in [0, 0.1) is 18.7 Å². The van der Waals surface area contributed by atoms with Crippen LogP contribution in [0.1, 0.15) is 46.9 Å². The number of carbonyl (C=O) groups excluding carboxylic acids is 2. The number of esters is 1. The maximum Gasteiger partial charge on any atom is 0.336 e. The van der Waals surface area contributed by atoms with Crippen LogP contribution >= 0.6 is 11.3 Å². The molecule has 1 aromatic heterocycles. The molecule has 1 saturated carbocycles. The number of rotatable bonds is 3. The molecule has 0 amide bonds. The zero-order valence-corrected chi connectivity index (χ0v) is 17.4. The monoisotopic (exact) mass is 411 g/mol. The third-order valence-corrected chi connectivity index (χ3v) is 6.85. The number of carbonyl (C=O) groups is 2. The molecule has 3 atom stereocenters.